The summed E-state index contributed by atoms with van der Waals surface area (Å²) in [6.45, 7) is 0.105. The van der Waals surface area contributed by atoms with Crippen molar-refractivity contribution in [3.05, 3.63) is 77.9 Å². The number of hydrogen-bond donors (Lipinski definition) is 1. The van der Waals surface area contributed by atoms with Gasteiger partial charge in [-0.25, -0.2) is 0 Å². The zero-order valence-electron chi connectivity index (χ0n) is 11.1. The van der Waals surface area contributed by atoms with Crippen molar-refractivity contribution in [2.75, 3.05) is 0 Å². The molecule has 1 N–H and O–H groups in total. The van der Waals surface area contributed by atoms with E-state index < -0.39 is 0 Å². The number of benzene rings is 3. The van der Waals surface area contributed by atoms with Crippen LogP contribution in [0.1, 0.15) is 11.1 Å². The highest BCUT2D eigenvalue weighted by Gasteiger charge is 2.01. The number of aliphatic hydroxyl groups excluding tert-OH is 1. The fourth-order valence-electron chi connectivity index (χ4n) is 2.27. The Bertz CT molecular complexity index is 699. The van der Waals surface area contributed by atoms with Crippen molar-refractivity contribution in [2.45, 2.75) is 17.3 Å². The predicted octanol–water partition coefficient (Wildman–Crippen LogP) is 4.62. The standard InChI is InChI=1S/C18H16OS/c19-12-14-8-10-17(11-9-14)20-13-16-6-3-5-15-4-1-2-7-18(15)16/h1-11,19H,12-13H2. The number of aliphatic hydroxyl groups is 1. The summed E-state index contributed by atoms with van der Waals surface area (Å²) >= 11 is 1.83. The molecule has 0 aliphatic rings. The van der Waals surface area contributed by atoms with Gasteiger partial charge in [0.2, 0.25) is 0 Å². The van der Waals surface area contributed by atoms with Crippen molar-refractivity contribution in [3.8, 4) is 0 Å². The first kappa shape index (κ1) is 13.2. The van der Waals surface area contributed by atoms with E-state index in [4.69, 9.17) is 5.11 Å². The van der Waals surface area contributed by atoms with Crippen LogP contribution < -0.4 is 0 Å². The van der Waals surface area contributed by atoms with Crippen LogP contribution in [0.5, 0.6) is 0 Å². The van der Waals surface area contributed by atoms with Crippen LogP contribution in [-0.4, -0.2) is 5.11 Å². The van der Waals surface area contributed by atoms with Gasteiger partial charge in [0.1, 0.15) is 0 Å². The van der Waals surface area contributed by atoms with Crippen molar-refractivity contribution in [1.29, 1.82) is 0 Å². The van der Waals surface area contributed by atoms with E-state index in [0.717, 1.165) is 11.3 Å². The molecule has 0 radical (unpaired) electrons. The van der Waals surface area contributed by atoms with Gasteiger partial charge in [0.25, 0.3) is 0 Å². The Kier molecular flexibility index (Phi) is 4.05. The normalized spacial score (nSPS) is 10.8. The second-order valence-electron chi connectivity index (χ2n) is 4.73. The lowest BCUT2D eigenvalue weighted by molar-refractivity contribution is 0.282. The molecule has 1 nitrogen and oxygen atoms in total. The van der Waals surface area contributed by atoms with Crippen molar-refractivity contribution in [2.24, 2.45) is 0 Å². The summed E-state index contributed by atoms with van der Waals surface area (Å²) in [6, 6.07) is 23.1. The highest BCUT2D eigenvalue weighted by atomic mass is 32.2. The van der Waals surface area contributed by atoms with Crippen LogP contribution in [0, 0.1) is 0 Å². The van der Waals surface area contributed by atoms with Gasteiger partial charge >= 0.3 is 0 Å². The van der Waals surface area contributed by atoms with Gasteiger partial charge in [0.05, 0.1) is 6.61 Å². The zero-order chi connectivity index (χ0) is 13.8. The quantitative estimate of drug-likeness (QED) is 0.703. The van der Waals surface area contributed by atoms with Crippen LogP contribution in [0.25, 0.3) is 10.8 Å². The molecule has 2 heteroatoms. The highest BCUT2D eigenvalue weighted by Crippen LogP contribution is 2.27. The van der Waals surface area contributed by atoms with Crippen LogP contribution >= 0.6 is 11.8 Å². The molecule has 0 aromatic heterocycles. The van der Waals surface area contributed by atoms with Crippen LogP contribution in [0.4, 0.5) is 0 Å². The van der Waals surface area contributed by atoms with E-state index in [2.05, 4.69) is 54.6 Å². The SMILES string of the molecule is OCc1ccc(SCc2cccc3ccccc23)cc1. The first-order valence-electron chi connectivity index (χ1n) is 6.66. The molecule has 0 amide bonds. The molecule has 3 aromatic rings. The predicted molar refractivity (Wildman–Crippen MR) is 85.9 cm³/mol. The minimum absolute atomic E-state index is 0.105. The van der Waals surface area contributed by atoms with Gasteiger partial charge in [0, 0.05) is 10.6 Å². The van der Waals surface area contributed by atoms with Crippen LogP contribution in [0.15, 0.2) is 71.6 Å². The molecule has 0 aliphatic heterocycles. The molecule has 0 atom stereocenters. The lowest BCUT2D eigenvalue weighted by atomic mass is 10.1. The summed E-state index contributed by atoms with van der Waals surface area (Å²) in [5, 5.41) is 11.7. The molecule has 0 heterocycles. The van der Waals surface area contributed by atoms with E-state index >= 15 is 0 Å². The van der Waals surface area contributed by atoms with Gasteiger partial charge < -0.3 is 5.11 Å². The number of thioether (sulfide) groups is 1. The number of fused-ring (bicyclic) bond motifs is 1. The maximum Gasteiger partial charge on any atom is 0.0681 e. The second kappa shape index (κ2) is 6.12. The molecule has 0 fully saturated rings. The highest BCUT2D eigenvalue weighted by molar-refractivity contribution is 7.98. The number of rotatable bonds is 4. The largest absolute Gasteiger partial charge is 0.392 e. The molecule has 0 saturated heterocycles. The van der Waals surface area contributed by atoms with Gasteiger partial charge in [-0.05, 0) is 34.0 Å². The summed E-state index contributed by atoms with van der Waals surface area (Å²) in [6.07, 6.45) is 0. The average Bonchev–Trinajstić information content (AvgIpc) is 2.53. The average molecular weight is 280 g/mol. The first-order valence-corrected chi connectivity index (χ1v) is 7.64. The minimum Gasteiger partial charge on any atom is -0.392 e. The summed E-state index contributed by atoms with van der Waals surface area (Å²) in [7, 11) is 0. The maximum absolute atomic E-state index is 9.05. The monoisotopic (exact) mass is 280 g/mol. The molecule has 20 heavy (non-hydrogen) atoms. The third kappa shape index (κ3) is 2.87. The van der Waals surface area contributed by atoms with Crippen molar-refractivity contribution in [1.82, 2.24) is 0 Å². The molecule has 100 valence electrons. The second-order valence-corrected chi connectivity index (χ2v) is 5.78. The Balaban J connectivity index is 1.79. The molecule has 0 bridgehead atoms. The number of hydrogen-bond acceptors (Lipinski definition) is 2. The van der Waals surface area contributed by atoms with Gasteiger partial charge in [-0.3, -0.25) is 0 Å². The van der Waals surface area contributed by atoms with E-state index in [1.807, 2.05) is 23.9 Å². The van der Waals surface area contributed by atoms with Crippen LogP contribution in [0.3, 0.4) is 0 Å². The lowest BCUT2D eigenvalue weighted by Crippen LogP contribution is -1.85. The van der Waals surface area contributed by atoms with Crippen LogP contribution in [0.2, 0.25) is 0 Å². The van der Waals surface area contributed by atoms with Crippen molar-refractivity contribution in [3.63, 3.8) is 0 Å². The third-order valence-corrected chi connectivity index (χ3v) is 4.44. The Morgan fingerprint density at radius 2 is 1.55 bits per heavy atom. The lowest BCUT2D eigenvalue weighted by Gasteiger charge is -2.07. The van der Waals surface area contributed by atoms with Crippen molar-refractivity contribution < 1.29 is 5.11 Å². The Labute approximate surface area is 123 Å². The molecule has 0 saturated carbocycles. The van der Waals surface area contributed by atoms with Crippen molar-refractivity contribution >= 4 is 22.5 Å². The molecule has 0 spiro atoms. The Hall–Kier alpha value is -1.77. The van der Waals surface area contributed by atoms with E-state index in [1.54, 1.807) is 0 Å². The molecule has 3 aromatic carbocycles. The van der Waals surface area contributed by atoms with E-state index in [0.29, 0.717) is 0 Å². The third-order valence-electron chi connectivity index (χ3n) is 3.38. The molecule has 0 unspecified atom stereocenters. The van der Waals surface area contributed by atoms with Gasteiger partial charge in [-0.15, -0.1) is 11.8 Å². The molecule has 3 rings (SSSR count). The zero-order valence-corrected chi connectivity index (χ0v) is 11.9. The van der Waals surface area contributed by atoms with Gasteiger partial charge in [-0.1, -0.05) is 54.6 Å². The fraction of sp³-hybridized carbons (Fsp3) is 0.111. The maximum atomic E-state index is 9.05. The minimum atomic E-state index is 0.105. The summed E-state index contributed by atoms with van der Waals surface area (Å²) in [4.78, 5) is 1.23. The smallest absolute Gasteiger partial charge is 0.0681 e. The van der Waals surface area contributed by atoms with Gasteiger partial charge in [-0.2, -0.15) is 0 Å². The summed E-state index contributed by atoms with van der Waals surface area (Å²) in [5.41, 5.74) is 2.32. The summed E-state index contributed by atoms with van der Waals surface area (Å²) < 4.78 is 0. The molecule has 0 aliphatic carbocycles. The van der Waals surface area contributed by atoms with E-state index in [1.165, 1.54) is 21.2 Å². The summed E-state index contributed by atoms with van der Waals surface area (Å²) in [5.74, 6) is 0.958. The fourth-order valence-corrected chi connectivity index (χ4v) is 3.17. The Morgan fingerprint density at radius 3 is 2.35 bits per heavy atom. The Morgan fingerprint density at radius 1 is 0.800 bits per heavy atom. The van der Waals surface area contributed by atoms with E-state index in [-0.39, 0.29) is 6.61 Å². The van der Waals surface area contributed by atoms with E-state index in [9.17, 15) is 0 Å². The van der Waals surface area contributed by atoms with Gasteiger partial charge in [0.15, 0.2) is 0 Å². The first-order chi connectivity index (χ1) is 9.86. The van der Waals surface area contributed by atoms with Crippen LogP contribution in [-0.2, 0) is 12.4 Å². The molecular weight excluding hydrogens is 264 g/mol. The molecular formula is C18H16OS. The topological polar surface area (TPSA) is 20.2 Å².